The highest BCUT2D eigenvalue weighted by atomic mass is 16.8. The van der Waals surface area contributed by atoms with Gasteiger partial charge in [0, 0.05) is 23.7 Å². The minimum Gasteiger partial charge on any atom is -0.457 e. The van der Waals surface area contributed by atoms with Gasteiger partial charge in [0.15, 0.2) is 5.79 Å². The summed E-state index contributed by atoms with van der Waals surface area (Å²) in [6, 6.07) is 0. The molecule has 7 heteroatoms. The molecule has 2 aliphatic heterocycles. The molecule has 5 saturated carbocycles. The number of ether oxygens (including phenoxy) is 3. The van der Waals surface area contributed by atoms with E-state index in [0.29, 0.717) is 5.92 Å². The molecule has 0 aromatic carbocycles. The van der Waals surface area contributed by atoms with Crippen LogP contribution in [-0.4, -0.2) is 63.2 Å². The number of carbonyl (C=O) groups is 1. The van der Waals surface area contributed by atoms with Crippen LogP contribution >= 0.6 is 0 Å². The predicted octanol–water partition coefficient (Wildman–Crippen LogP) is 4.20. The second kappa shape index (κ2) is 7.42. The normalized spacial score (nSPS) is 60.3. The van der Waals surface area contributed by atoms with Crippen molar-refractivity contribution in [3.8, 4) is 0 Å². The summed E-state index contributed by atoms with van der Waals surface area (Å²) in [4.78, 5) is 12.0. The van der Waals surface area contributed by atoms with Crippen molar-refractivity contribution in [2.45, 2.75) is 142 Å². The predicted molar refractivity (Wildman–Crippen MR) is 143 cm³/mol. The zero-order valence-electron chi connectivity index (χ0n) is 25.1. The van der Waals surface area contributed by atoms with Gasteiger partial charge in [-0.05, 0) is 92.8 Å². The van der Waals surface area contributed by atoms with Gasteiger partial charge in [-0.15, -0.1) is 0 Å². The fourth-order valence-corrected chi connectivity index (χ4v) is 13.1. The first-order chi connectivity index (χ1) is 18.0. The van der Waals surface area contributed by atoms with Gasteiger partial charge in [-0.2, -0.15) is 0 Å². The molecule has 0 radical (unpaired) electrons. The highest BCUT2D eigenvalue weighted by Crippen LogP contribution is 2.90. The van der Waals surface area contributed by atoms with Gasteiger partial charge >= 0.3 is 5.97 Å². The minimum absolute atomic E-state index is 0.0240. The number of aliphatic hydroxyl groups is 3. The molecule has 2 bridgehead atoms. The first kappa shape index (κ1) is 27.1. The Morgan fingerprint density at radius 1 is 0.923 bits per heavy atom. The maximum absolute atomic E-state index is 12.6. The van der Waals surface area contributed by atoms with Gasteiger partial charge in [0.25, 0.3) is 0 Å². The number of esters is 1. The summed E-state index contributed by atoms with van der Waals surface area (Å²) in [6.45, 7) is 16.3. The summed E-state index contributed by atoms with van der Waals surface area (Å²) in [6.07, 6.45) is 3.87. The number of rotatable bonds is 2. The monoisotopic (exact) mass is 546 g/mol. The standard InChI is InChI=1S/C32H50O7/c1-16-13-18-24(27(5,6)37-17(2)33)39-32(38-18)23(16)29(8)22(35)14-31-15-30(31)12-11-21(34)26(3,4)19(30)9-10-20(31)28(29,7)25(32)36/h16,18-25,34-36H,9-15H2,1-8H3. The fourth-order valence-electron chi connectivity index (χ4n) is 13.1. The van der Waals surface area contributed by atoms with Crippen LogP contribution in [-0.2, 0) is 19.0 Å². The average Bonchev–Trinajstić information content (AvgIpc) is 3.32. The number of carbonyl (C=O) groups excluding carboxylic acids is 1. The molecule has 7 aliphatic rings. The first-order valence-electron chi connectivity index (χ1n) is 15.5. The molecule has 2 heterocycles. The summed E-state index contributed by atoms with van der Waals surface area (Å²) in [7, 11) is 0. The zero-order valence-corrected chi connectivity index (χ0v) is 25.1. The lowest BCUT2D eigenvalue weighted by atomic mass is 9.40. The van der Waals surface area contributed by atoms with Crippen molar-refractivity contribution in [2.75, 3.05) is 0 Å². The van der Waals surface area contributed by atoms with Gasteiger partial charge < -0.3 is 29.5 Å². The van der Waals surface area contributed by atoms with Crippen molar-refractivity contribution in [3.63, 3.8) is 0 Å². The third-order valence-corrected chi connectivity index (χ3v) is 14.6. The second-order valence-electron chi connectivity index (χ2n) is 16.5. The Hall–Kier alpha value is -0.730. The molecule has 7 rings (SSSR count). The van der Waals surface area contributed by atoms with Crippen LogP contribution in [0.2, 0.25) is 0 Å². The Morgan fingerprint density at radius 2 is 1.59 bits per heavy atom. The minimum atomic E-state index is -1.23. The van der Waals surface area contributed by atoms with Crippen LogP contribution in [0, 0.1) is 50.7 Å². The highest BCUT2D eigenvalue weighted by Gasteiger charge is 2.89. The van der Waals surface area contributed by atoms with E-state index in [2.05, 4.69) is 34.6 Å². The Kier molecular flexibility index (Phi) is 5.16. The van der Waals surface area contributed by atoms with E-state index in [0.717, 1.165) is 44.9 Å². The molecule has 0 amide bonds. The van der Waals surface area contributed by atoms with E-state index >= 15 is 0 Å². The zero-order chi connectivity index (χ0) is 28.3. The largest absolute Gasteiger partial charge is 0.457 e. The number of hydrogen-bond donors (Lipinski definition) is 3. The SMILES string of the molecule is CC(=O)OC(C)(C)C1OC23OC1CC(C)C2C1(C)C(O)CC24CC25CCC(O)C(C)(C)C5CCC4C1(C)C3O. The second-order valence-corrected chi connectivity index (χ2v) is 16.5. The van der Waals surface area contributed by atoms with Crippen molar-refractivity contribution >= 4 is 5.97 Å². The molecule has 3 N–H and O–H groups in total. The summed E-state index contributed by atoms with van der Waals surface area (Å²) in [5, 5.41) is 35.9. The Morgan fingerprint density at radius 3 is 2.26 bits per heavy atom. The van der Waals surface area contributed by atoms with Gasteiger partial charge in [0.2, 0.25) is 0 Å². The third-order valence-electron chi connectivity index (χ3n) is 14.6. The van der Waals surface area contributed by atoms with Crippen LogP contribution in [0.25, 0.3) is 0 Å². The van der Waals surface area contributed by atoms with Crippen LogP contribution in [0.15, 0.2) is 0 Å². The molecule has 7 fully saturated rings. The van der Waals surface area contributed by atoms with E-state index in [1.54, 1.807) is 0 Å². The maximum atomic E-state index is 12.6. The number of aliphatic hydroxyl groups excluding tert-OH is 3. The molecule has 14 unspecified atom stereocenters. The number of fused-ring (bicyclic) bond motifs is 4. The van der Waals surface area contributed by atoms with E-state index in [1.807, 2.05) is 13.8 Å². The van der Waals surface area contributed by atoms with Gasteiger partial charge in [-0.1, -0.05) is 34.6 Å². The third kappa shape index (κ3) is 2.73. The van der Waals surface area contributed by atoms with E-state index in [9.17, 15) is 20.1 Å². The molecule has 0 aromatic heterocycles. The molecule has 3 spiro atoms. The fraction of sp³-hybridized carbons (Fsp3) is 0.969. The van der Waals surface area contributed by atoms with E-state index in [-0.39, 0.29) is 52.2 Å². The molecule has 39 heavy (non-hydrogen) atoms. The van der Waals surface area contributed by atoms with Crippen LogP contribution in [0.4, 0.5) is 0 Å². The molecular formula is C32H50O7. The number of hydrogen-bond acceptors (Lipinski definition) is 7. The lowest BCUT2D eigenvalue weighted by Crippen LogP contribution is -2.64. The Labute approximate surface area is 233 Å². The van der Waals surface area contributed by atoms with E-state index in [1.165, 1.54) is 6.92 Å². The smallest absolute Gasteiger partial charge is 0.303 e. The van der Waals surface area contributed by atoms with Gasteiger partial charge in [0.1, 0.15) is 17.8 Å². The van der Waals surface area contributed by atoms with Crippen LogP contribution in [0.5, 0.6) is 0 Å². The van der Waals surface area contributed by atoms with E-state index in [4.69, 9.17) is 14.2 Å². The van der Waals surface area contributed by atoms with Gasteiger partial charge in [-0.3, -0.25) is 4.79 Å². The summed E-state index contributed by atoms with van der Waals surface area (Å²) in [5.41, 5.74) is -2.14. The van der Waals surface area contributed by atoms with Crippen LogP contribution in [0.1, 0.15) is 100 Å². The van der Waals surface area contributed by atoms with Crippen molar-refractivity contribution < 1.29 is 34.3 Å². The maximum Gasteiger partial charge on any atom is 0.303 e. The van der Waals surface area contributed by atoms with Crippen molar-refractivity contribution in [1.29, 1.82) is 0 Å². The molecule has 7 nitrogen and oxygen atoms in total. The van der Waals surface area contributed by atoms with Crippen molar-refractivity contribution in [3.05, 3.63) is 0 Å². The quantitative estimate of drug-likeness (QED) is 0.446. The van der Waals surface area contributed by atoms with Crippen LogP contribution in [0.3, 0.4) is 0 Å². The molecule has 0 aromatic rings. The van der Waals surface area contributed by atoms with Crippen LogP contribution < -0.4 is 0 Å². The topological polar surface area (TPSA) is 105 Å². The summed E-state index contributed by atoms with van der Waals surface area (Å²) in [5.74, 6) is -0.930. The molecular weight excluding hydrogens is 496 g/mol. The molecule has 2 saturated heterocycles. The van der Waals surface area contributed by atoms with E-state index < -0.39 is 40.5 Å². The Bertz CT molecular complexity index is 1100. The lowest BCUT2D eigenvalue weighted by molar-refractivity contribution is -0.283. The average molecular weight is 547 g/mol. The van der Waals surface area contributed by atoms with Gasteiger partial charge in [0.05, 0.1) is 18.3 Å². The van der Waals surface area contributed by atoms with Gasteiger partial charge in [-0.25, -0.2) is 0 Å². The first-order valence-corrected chi connectivity index (χ1v) is 15.5. The Balaban J connectivity index is 1.32. The van der Waals surface area contributed by atoms with Crippen molar-refractivity contribution in [1.82, 2.24) is 0 Å². The summed E-state index contributed by atoms with van der Waals surface area (Å²) < 4.78 is 19.4. The molecule has 5 aliphatic carbocycles. The molecule has 14 atom stereocenters. The lowest BCUT2D eigenvalue weighted by Gasteiger charge is -2.64. The highest BCUT2D eigenvalue weighted by molar-refractivity contribution is 5.66. The van der Waals surface area contributed by atoms with Crippen molar-refractivity contribution in [2.24, 2.45) is 50.7 Å². The molecule has 220 valence electrons. The summed E-state index contributed by atoms with van der Waals surface area (Å²) >= 11 is 0.